The van der Waals surface area contributed by atoms with Crippen LogP contribution >= 0.6 is 11.6 Å². The van der Waals surface area contributed by atoms with Crippen LogP contribution in [0.25, 0.3) is 0 Å². The lowest BCUT2D eigenvalue weighted by atomic mass is 9.99. The van der Waals surface area contributed by atoms with Crippen LogP contribution in [-0.4, -0.2) is 18.6 Å². The highest BCUT2D eigenvalue weighted by Gasteiger charge is 2.18. The fraction of sp³-hybridized carbons (Fsp3) is 0.267. The van der Waals surface area contributed by atoms with Crippen LogP contribution in [0.1, 0.15) is 24.1 Å². The number of rotatable bonds is 5. The summed E-state index contributed by atoms with van der Waals surface area (Å²) < 4.78 is 19.3. The van der Waals surface area contributed by atoms with Gasteiger partial charge in [-0.2, -0.15) is 0 Å². The molecule has 0 saturated carbocycles. The number of aromatic nitrogens is 1. The molecule has 3 nitrogen and oxygen atoms in total. The third kappa shape index (κ3) is 3.26. The molecular weight excluding hydrogens is 279 g/mol. The Kier molecular flexibility index (Phi) is 4.93. The lowest BCUT2D eigenvalue weighted by molar-refractivity contribution is 0.411. The van der Waals surface area contributed by atoms with Crippen LogP contribution < -0.4 is 10.1 Å². The predicted molar refractivity (Wildman–Crippen MR) is 77.7 cm³/mol. The molecule has 1 aromatic carbocycles. The molecule has 2 aromatic rings. The highest BCUT2D eigenvalue weighted by molar-refractivity contribution is 6.30. The first-order valence-corrected chi connectivity index (χ1v) is 6.70. The number of benzene rings is 1. The summed E-state index contributed by atoms with van der Waals surface area (Å²) in [5.74, 6) is 0.297. The normalized spacial score (nSPS) is 12.2. The Hall–Kier alpha value is -1.65. The standard InChI is InChI=1S/C15H16ClFN2O/c1-3-19-15(10-6-12(20-2)9-18-8-10)13-5-4-11(16)7-14(13)17/h4-9,15,19H,3H2,1-2H3. The molecule has 0 aliphatic rings. The van der Waals surface area contributed by atoms with E-state index in [9.17, 15) is 4.39 Å². The van der Waals surface area contributed by atoms with E-state index in [1.54, 1.807) is 31.6 Å². The van der Waals surface area contributed by atoms with E-state index in [-0.39, 0.29) is 11.9 Å². The van der Waals surface area contributed by atoms with Crippen molar-refractivity contribution in [2.45, 2.75) is 13.0 Å². The zero-order chi connectivity index (χ0) is 14.5. The fourth-order valence-corrected chi connectivity index (χ4v) is 2.21. The average molecular weight is 295 g/mol. The number of pyridine rings is 1. The lowest BCUT2D eigenvalue weighted by Gasteiger charge is -2.19. The van der Waals surface area contributed by atoms with Gasteiger partial charge in [0.1, 0.15) is 11.6 Å². The molecule has 0 aliphatic carbocycles. The smallest absolute Gasteiger partial charge is 0.137 e. The van der Waals surface area contributed by atoms with E-state index in [1.165, 1.54) is 6.07 Å². The number of nitrogens with zero attached hydrogens (tertiary/aromatic N) is 1. The largest absolute Gasteiger partial charge is 0.495 e. The number of halogens is 2. The first-order chi connectivity index (χ1) is 9.65. The second-order valence-corrected chi connectivity index (χ2v) is 4.75. The highest BCUT2D eigenvalue weighted by Crippen LogP contribution is 2.27. The van der Waals surface area contributed by atoms with Gasteiger partial charge in [0.2, 0.25) is 0 Å². The van der Waals surface area contributed by atoms with Crippen molar-refractivity contribution in [3.05, 3.63) is 58.6 Å². The molecule has 0 aliphatic heterocycles. The molecule has 5 heteroatoms. The molecule has 0 bridgehead atoms. The maximum atomic E-state index is 14.1. The van der Waals surface area contributed by atoms with Crippen molar-refractivity contribution in [3.63, 3.8) is 0 Å². The third-order valence-corrected chi connectivity index (χ3v) is 3.22. The van der Waals surface area contributed by atoms with E-state index in [4.69, 9.17) is 16.3 Å². The summed E-state index contributed by atoms with van der Waals surface area (Å²) in [6, 6.07) is 6.23. The first kappa shape index (κ1) is 14.8. The van der Waals surface area contributed by atoms with Crippen molar-refractivity contribution in [1.82, 2.24) is 10.3 Å². The molecule has 0 spiro atoms. The van der Waals surface area contributed by atoms with Gasteiger partial charge in [-0.15, -0.1) is 0 Å². The van der Waals surface area contributed by atoms with Gasteiger partial charge in [-0.3, -0.25) is 4.98 Å². The zero-order valence-corrected chi connectivity index (χ0v) is 12.1. The molecule has 1 N–H and O–H groups in total. The van der Waals surface area contributed by atoms with Crippen molar-refractivity contribution in [2.24, 2.45) is 0 Å². The zero-order valence-electron chi connectivity index (χ0n) is 11.4. The summed E-state index contributed by atoms with van der Waals surface area (Å²) in [5, 5.41) is 3.63. The van der Waals surface area contributed by atoms with Crippen LogP contribution in [0.5, 0.6) is 5.75 Å². The summed E-state index contributed by atoms with van der Waals surface area (Å²) in [7, 11) is 1.58. The van der Waals surface area contributed by atoms with Gasteiger partial charge >= 0.3 is 0 Å². The van der Waals surface area contributed by atoms with Gasteiger partial charge in [-0.25, -0.2) is 4.39 Å². The molecule has 1 heterocycles. The van der Waals surface area contributed by atoms with Crippen LogP contribution in [-0.2, 0) is 0 Å². The summed E-state index contributed by atoms with van der Waals surface area (Å²) in [5.41, 5.74) is 1.37. The number of nitrogens with one attached hydrogen (secondary N) is 1. The van der Waals surface area contributed by atoms with Crippen LogP contribution in [0.3, 0.4) is 0 Å². The molecule has 0 saturated heterocycles. The molecule has 106 valence electrons. The molecule has 0 amide bonds. The Bertz CT molecular complexity index is 592. The number of hydrogen-bond donors (Lipinski definition) is 1. The molecule has 2 rings (SSSR count). The van der Waals surface area contributed by atoms with Crippen molar-refractivity contribution < 1.29 is 9.13 Å². The molecule has 0 radical (unpaired) electrons. The Morgan fingerprint density at radius 2 is 2.15 bits per heavy atom. The van der Waals surface area contributed by atoms with Crippen LogP contribution in [0.4, 0.5) is 4.39 Å². The average Bonchev–Trinajstić information content (AvgIpc) is 2.45. The minimum Gasteiger partial charge on any atom is -0.495 e. The van der Waals surface area contributed by atoms with E-state index in [2.05, 4.69) is 10.3 Å². The van der Waals surface area contributed by atoms with E-state index >= 15 is 0 Å². The Balaban J connectivity index is 2.44. The Morgan fingerprint density at radius 3 is 2.80 bits per heavy atom. The van der Waals surface area contributed by atoms with Gasteiger partial charge in [0.05, 0.1) is 19.3 Å². The van der Waals surface area contributed by atoms with Crippen molar-refractivity contribution >= 4 is 11.6 Å². The van der Waals surface area contributed by atoms with Crippen LogP contribution in [0, 0.1) is 5.82 Å². The van der Waals surface area contributed by atoms with Crippen LogP contribution in [0.2, 0.25) is 5.02 Å². The topological polar surface area (TPSA) is 34.2 Å². The van der Waals surface area contributed by atoms with Gasteiger partial charge in [0.25, 0.3) is 0 Å². The van der Waals surface area contributed by atoms with Gasteiger partial charge in [-0.05, 0) is 30.3 Å². The van der Waals surface area contributed by atoms with E-state index in [0.29, 0.717) is 22.9 Å². The van der Waals surface area contributed by atoms with Crippen molar-refractivity contribution in [1.29, 1.82) is 0 Å². The number of hydrogen-bond acceptors (Lipinski definition) is 3. The highest BCUT2D eigenvalue weighted by atomic mass is 35.5. The Morgan fingerprint density at radius 1 is 1.35 bits per heavy atom. The first-order valence-electron chi connectivity index (χ1n) is 6.33. The number of ether oxygens (including phenoxy) is 1. The summed E-state index contributed by atoms with van der Waals surface area (Å²) in [6.07, 6.45) is 3.31. The Labute approximate surface area is 122 Å². The van der Waals surface area contributed by atoms with E-state index in [1.807, 2.05) is 13.0 Å². The van der Waals surface area contributed by atoms with E-state index in [0.717, 1.165) is 5.56 Å². The molecular formula is C15H16ClFN2O. The molecule has 1 aromatic heterocycles. The monoisotopic (exact) mass is 294 g/mol. The van der Waals surface area contributed by atoms with Gasteiger partial charge in [0.15, 0.2) is 0 Å². The van der Waals surface area contributed by atoms with Gasteiger partial charge in [-0.1, -0.05) is 24.6 Å². The predicted octanol–water partition coefficient (Wildman–Crippen LogP) is 3.58. The molecule has 1 unspecified atom stereocenters. The lowest BCUT2D eigenvalue weighted by Crippen LogP contribution is -2.23. The molecule has 0 fully saturated rings. The molecule has 20 heavy (non-hydrogen) atoms. The molecule has 1 atom stereocenters. The minimum absolute atomic E-state index is 0.292. The second kappa shape index (κ2) is 6.68. The SMILES string of the molecule is CCNC(c1cncc(OC)c1)c1ccc(Cl)cc1F. The van der Waals surface area contributed by atoms with Crippen molar-refractivity contribution in [2.75, 3.05) is 13.7 Å². The maximum absolute atomic E-state index is 14.1. The third-order valence-electron chi connectivity index (χ3n) is 2.99. The fourth-order valence-electron chi connectivity index (χ4n) is 2.05. The van der Waals surface area contributed by atoms with Gasteiger partial charge in [0, 0.05) is 16.8 Å². The quantitative estimate of drug-likeness (QED) is 0.915. The summed E-state index contributed by atoms with van der Waals surface area (Å²) >= 11 is 5.80. The van der Waals surface area contributed by atoms with Gasteiger partial charge < -0.3 is 10.1 Å². The maximum Gasteiger partial charge on any atom is 0.137 e. The number of methoxy groups -OCH3 is 1. The minimum atomic E-state index is -0.341. The van der Waals surface area contributed by atoms with E-state index < -0.39 is 0 Å². The van der Waals surface area contributed by atoms with Crippen molar-refractivity contribution in [3.8, 4) is 5.75 Å². The summed E-state index contributed by atoms with van der Waals surface area (Å²) in [6.45, 7) is 2.67. The second-order valence-electron chi connectivity index (χ2n) is 4.31. The summed E-state index contributed by atoms with van der Waals surface area (Å²) in [4.78, 5) is 4.12. The van der Waals surface area contributed by atoms with Crippen LogP contribution in [0.15, 0.2) is 36.7 Å².